The quantitative estimate of drug-likeness (QED) is 0.115. The van der Waals surface area contributed by atoms with E-state index >= 15 is 0 Å². The first-order valence-electron chi connectivity index (χ1n) is 13.0. The van der Waals surface area contributed by atoms with Crippen LogP contribution in [0, 0.1) is 0 Å². The molecule has 2 aliphatic rings. The average molecular weight is 539 g/mol. The van der Waals surface area contributed by atoms with Crippen molar-refractivity contribution in [3.05, 3.63) is 0 Å². The molecule has 0 aliphatic carbocycles. The number of rotatable bonds is 14. The minimum absolute atomic E-state index is 0.0768. The molecule has 0 bridgehead atoms. The Kier molecular flexibility index (Phi) is 13.6. The summed E-state index contributed by atoms with van der Waals surface area (Å²) in [5.41, 5.74) is 0. The molecule has 216 valence electrons. The molecule has 2 fully saturated rings. The Morgan fingerprint density at radius 2 is 1.22 bits per heavy atom. The molecule has 2 rings (SSSR count). The van der Waals surface area contributed by atoms with Gasteiger partial charge in [0.25, 0.3) is 0 Å². The van der Waals surface area contributed by atoms with Crippen LogP contribution in [0.3, 0.4) is 0 Å². The third-order valence-electron chi connectivity index (χ3n) is 6.41. The van der Waals surface area contributed by atoms with Crippen LogP contribution in [-0.4, -0.2) is 117 Å². The smallest absolute Gasteiger partial charge is 0.306 e. The lowest BCUT2D eigenvalue weighted by Crippen LogP contribution is -2.62. The van der Waals surface area contributed by atoms with Crippen LogP contribution in [0.15, 0.2) is 0 Å². The van der Waals surface area contributed by atoms with Gasteiger partial charge in [-0.15, -0.1) is 0 Å². The van der Waals surface area contributed by atoms with Gasteiger partial charge in [0, 0.05) is 12.8 Å². The molecule has 6 N–H and O–H groups in total. The Balaban J connectivity index is 2.00. The first-order chi connectivity index (χ1) is 17.6. The molecule has 0 saturated carbocycles. The third-order valence-corrected chi connectivity index (χ3v) is 6.41. The standard InChI is InChI=1S/C24H42O13/c1-3-5-7-9-15(26)36-21-18(29)14(34-23(32)19(21)30)12-33-24-20(31)22(17(28)13(11-25)35-24)37-16(27)10-8-6-4-2/h13-14,17-25,28-32H,3-12H2,1-2H3/t13-,14-,17-,18-,19-,20-,21+,22+,23?,24-/m1/s1. The van der Waals surface area contributed by atoms with E-state index in [0.29, 0.717) is 12.8 Å². The molecular formula is C24H42O13. The van der Waals surface area contributed by atoms with Crippen molar-refractivity contribution in [2.45, 2.75) is 127 Å². The molecule has 0 aromatic carbocycles. The van der Waals surface area contributed by atoms with Gasteiger partial charge in [-0.05, 0) is 12.8 Å². The summed E-state index contributed by atoms with van der Waals surface area (Å²) in [6, 6.07) is 0. The number of aliphatic hydroxyl groups is 6. The van der Waals surface area contributed by atoms with E-state index in [1.165, 1.54) is 0 Å². The van der Waals surface area contributed by atoms with Crippen molar-refractivity contribution >= 4 is 11.9 Å². The Morgan fingerprint density at radius 3 is 1.73 bits per heavy atom. The Labute approximate surface area is 216 Å². The summed E-state index contributed by atoms with van der Waals surface area (Å²) in [4.78, 5) is 24.3. The molecule has 0 aromatic heterocycles. The van der Waals surface area contributed by atoms with Crippen molar-refractivity contribution in [1.29, 1.82) is 0 Å². The molecule has 0 aromatic rings. The molecule has 10 atom stereocenters. The predicted octanol–water partition coefficient (Wildman–Crippen LogP) is -1.13. The molecule has 1 unspecified atom stereocenters. The number of carbonyl (C=O) groups excluding carboxylic acids is 2. The van der Waals surface area contributed by atoms with Crippen molar-refractivity contribution in [2.24, 2.45) is 0 Å². The van der Waals surface area contributed by atoms with Gasteiger partial charge in [-0.2, -0.15) is 0 Å². The topological polar surface area (TPSA) is 202 Å². The van der Waals surface area contributed by atoms with E-state index in [4.69, 9.17) is 23.7 Å². The summed E-state index contributed by atoms with van der Waals surface area (Å²) in [6.07, 6.45) is -10.6. The lowest BCUT2D eigenvalue weighted by molar-refractivity contribution is -0.327. The number of hydrogen-bond acceptors (Lipinski definition) is 13. The summed E-state index contributed by atoms with van der Waals surface area (Å²) in [7, 11) is 0. The normalized spacial score (nSPS) is 36.2. The SMILES string of the molecule is CCCCCC(=O)O[C@@H]1[C@@H](O)[C@H](OC[C@H]2OC(O)[C@H](O)[C@@H](OC(=O)CCCCC)[C@@H]2O)O[C@H](CO)[C@H]1O. The zero-order valence-electron chi connectivity index (χ0n) is 21.4. The largest absolute Gasteiger partial charge is 0.456 e. The molecule has 0 amide bonds. The average Bonchev–Trinajstić information content (AvgIpc) is 2.87. The number of hydrogen-bond donors (Lipinski definition) is 6. The highest BCUT2D eigenvalue weighted by atomic mass is 16.7. The molecule has 0 radical (unpaired) electrons. The maximum Gasteiger partial charge on any atom is 0.306 e. The fourth-order valence-corrected chi connectivity index (χ4v) is 4.17. The summed E-state index contributed by atoms with van der Waals surface area (Å²) >= 11 is 0. The highest BCUT2D eigenvalue weighted by molar-refractivity contribution is 5.70. The van der Waals surface area contributed by atoms with Crippen molar-refractivity contribution < 1.29 is 63.9 Å². The predicted molar refractivity (Wildman–Crippen MR) is 125 cm³/mol. The minimum Gasteiger partial charge on any atom is -0.456 e. The lowest BCUT2D eigenvalue weighted by Gasteiger charge is -2.43. The van der Waals surface area contributed by atoms with Crippen molar-refractivity contribution in [3.8, 4) is 0 Å². The van der Waals surface area contributed by atoms with Gasteiger partial charge in [-0.1, -0.05) is 39.5 Å². The number of ether oxygens (including phenoxy) is 5. The van der Waals surface area contributed by atoms with Gasteiger partial charge in [0.2, 0.25) is 0 Å². The van der Waals surface area contributed by atoms with Gasteiger partial charge in [-0.25, -0.2) is 0 Å². The fourth-order valence-electron chi connectivity index (χ4n) is 4.17. The Morgan fingerprint density at radius 1 is 0.703 bits per heavy atom. The Hall–Kier alpha value is -1.42. The second kappa shape index (κ2) is 15.9. The van der Waals surface area contributed by atoms with Crippen molar-refractivity contribution in [1.82, 2.24) is 0 Å². The van der Waals surface area contributed by atoms with E-state index in [9.17, 15) is 40.2 Å². The molecule has 2 aliphatic heterocycles. The van der Waals surface area contributed by atoms with Gasteiger partial charge in [-0.3, -0.25) is 9.59 Å². The van der Waals surface area contributed by atoms with Crippen LogP contribution < -0.4 is 0 Å². The van der Waals surface area contributed by atoms with Crippen LogP contribution in [0.1, 0.15) is 65.2 Å². The maximum atomic E-state index is 12.2. The first-order valence-corrected chi connectivity index (χ1v) is 13.0. The van der Waals surface area contributed by atoms with Gasteiger partial charge in [0.15, 0.2) is 24.8 Å². The molecule has 2 heterocycles. The fraction of sp³-hybridized carbons (Fsp3) is 0.917. The van der Waals surface area contributed by atoms with Gasteiger partial charge in [0.05, 0.1) is 13.2 Å². The summed E-state index contributed by atoms with van der Waals surface area (Å²) < 4.78 is 26.5. The molecule has 37 heavy (non-hydrogen) atoms. The second-order valence-electron chi connectivity index (χ2n) is 9.41. The summed E-state index contributed by atoms with van der Waals surface area (Å²) in [5.74, 6) is -1.29. The van der Waals surface area contributed by atoms with Gasteiger partial charge >= 0.3 is 11.9 Å². The van der Waals surface area contributed by atoms with E-state index in [2.05, 4.69) is 0 Å². The van der Waals surface area contributed by atoms with Crippen molar-refractivity contribution in [2.75, 3.05) is 13.2 Å². The zero-order chi connectivity index (χ0) is 27.5. The summed E-state index contributed by atoms with van der Waals surface area (Å²) in [6.45, 7) is 2.76. The highest BCUT2D eigenvalue weighted by Crippen LogP contribution is 2.28. The minimum atomic E-state index is -1.80. The van der Waals surface area contributed by atoms with Crippen LogP contribution in [-0.2, 0) is 33.3 Å². The number of carbonyl (C=O) groups is 2. The number of unbranched alkanes of at least 4 members (excludes halogenated alkanes) is 4. The zero-order valence-corrected chi connectivity index (χ0v) is 21.4. The molecular weight excluding hydrogens is 496 g/mol. The maximum absolute atomic E-state index is 12.2. The lowest BCUT2D eigenvalue weighted by atomic mass is 9.98. The van der Waals surface area contributed by atoms with E-state index in [0.717, 1.165) is 25.7 Å². The van der Waals surface area contributed by atoms with Gasteiger partial charge in [0.1, 0.15) is 36.6 Å². The first kappa shape index (κ1) is 31.8. The summed E-state index contributed by atoms with van der Waals surface area (Å²) in [5, 5.41) is 61.5. The van der Waals surface area contributed by atoms with Crippen LogP contribution >= 0.6 is 0 Å². The van der Waals surface area contributed by atoms with E-state index in [-0.39, 0.29) is 12.8 Å². The van der Waals surface area contributed by atoms with Crippen LogP contribution in [0.25, 0.3) is 0 Å². The van der Waals surface area contributed by atoms with E-state index < -0.39 is 86.6 Å². The molecule has 2 saturated heterocycles. The monoisotopic (exact) mass is 538 g/mol. The highest BCUT2D eigenvalue weighted by Gasteiger charge is 2.49. The second-order valence-corrected chi connectivity index (χ2v) is 9.41. The van der Waals surface area contributed by atoms with Crippen LogP contribution in [0.4, 0.5) is 0 Å². The van der Waals surface area contributed by atoms with E-state index in [1.807, 2.05) is 13.8 Å². The van der Waals surface area contributed by atoms with E-state index in [1.54, 1.807) is 0 Å². The van der Waals surface area contributed by atoms with Crippen LogP contribution in [0.2, 0.25) is 0 Å². The molecule has 0 spiro atoms. The third kappa shape index (κ3) is 9.08. The number of esters is 2. The van der Waals surface area contributed by atoms with Gasteiger partial charge < -0.3 is 54.3 Å². The van der Waals surface area contributed by atoms with Crippen molar-refractivity contribution in [3.63, 3.8) is 0 Å². The van der Waals surface area contributed by atoms with Crippen LogP contribution in [0.5, 0.6) is 0 Å². The number of aliphatic hydroxyl groups excluding tert-OH is 6. The Bertz CT molecular complexity index is 692. The molecule has 13 nitrogen and oxygen atoms in total. The molecule has 13 heteroatoms.